The standard InChI is InChI=1S/C15H17ClFNO/c1-9-6-13(11(3)19-9)10(2)18-8-12-4-5-15(17)14(16)7-12/h4-7,10,18H,8H2,1-3H3. The van der Waals surface area contributed by atoms with Crippen LogP contribution >= 0.6 is 11.6 Å². The third-order valence-electron chi connectivity index (χ3n) is 3.14. The normalized spacial score (nSPS) is 12.7. The molecule has 2 aromatic rings. The van der Waals surface area contributed by atoms with Crippen LogP contribution in [0, 0.1) is 19.7 Å². The Balaban J connectivity index is 2.02. The smallest absolute Gasteiger partial charge is 0.141 e. The third-order valence-corrected chi connectivity index (χ3v) is 3.43. The van der Waals surface area contributed by atoms with Gasteiger partial charge in [-0.3, -0.25) is 0 Å². The lowest BCUT2D eigenvalue weighted by atomic mass is 10.1. The van der Waals surface area contributed by atoms with E-state index in [1.165, 1.54) is 6.07 Å². The summed E-state index contributed by atoms with van der Waals surface area (Å²) < 4.78 is 18.6. The Bertz CT molecular complexity index is 580. The van der Waals surface area contributed by atoms with Crippen LogP contribution in [0.1, 0.15) is 35.6 Å². The highest BCUT2D eigenvalue weighted by molar-refractivity contribution is 6.30. The molecule has 1 N–H and O–H groups in total. The fourth-order valence-electron chi connectivity index (χ4n) is 2.11. The van der Waals surface area contributed by atoms with Gasteiger partial charge in [0.1, 0.15) is 17.3 Å². The zero-order valence-corrected chi connectivity index (χ0v) is 12.0. The van der Waals surface area contributed by atoms with Crippen LogP contribution in [0.3, 0.4) is 0 Å². The minimum absolute atomic E-state index is 0.155. The Morgan fingerprint density at radius 1 is 1.32 bits per heavy atom. The van der Waals surface area contributed by atoms with Crippen LogP contribution in [0.25, 0.3) is 0 Å². The van der Waals surface area contributed by atoms with Crippen LogP contribution < -0.4 is 5.32 Å². The molecule has 1 unspecified atom stereocenters. The summed E-state index contributed by atoms with van der Waals surface area (Å²) in [5.74, 6) is 1.44. The molecule has 0 fully saturated rings. The number of nitrogens with one attached hydrogen (secondary N) is 1. The van der Waals surface area contributed by atoms with E-state index in [4.69, 9.17) is 16.0 Å². The Hall–Kier alpha value is -1.32. The second-order valence-corrected chi connectivity index (χ2v) is 5.13. The van der Waals surface area contributed by atoms with Crippen LogP contribution in [-0.2, 0) is 6.54 Å². The molecule has 102 valence electrons. The van der Waals surface area contributed by atoms with Crippen molar-refractivity contribution in [2.24, 2.45) is 0 Å². The summed E-state index contributed by atoms with van der Waals surface area (Å²) in [6, 6.07) is 6.96. The quantitative estimate of drug-likeness (QED) is 0.890. The summed E-state index contributed by atoms with van der Waals surface area (Å²) in [4.78, 5) is 0. The molecular weight excluding hydrogens is 265 g/mol. The minimum atomic E-state index is -0.389. The maximum absolute atomic E-state index is 13.1. The third kappa shape index (κ3) is 3.37. The van der Waals surface area contributed by atoms with Gasteiger partial charge in [0.05, 0.1) is 5.02 Å². The van der Waals surface area contributed by atoms with Gasteiger partial charge in [0.25, 0.3) is 0 Å². The summed E-state index contributed by atoms with van der Waals surface area (Å²) in [5, 5.41) is 3.53. The monoisotopic (exact) mass is 281 g/mol. The number of rotatable bonds is 4. The minimum Gasteiger partial charge on any atom is -0.466 e. The Labute approximate surface area is 117 Å². The first-order valence-electron chi connectivity index (χ1n) is 6.21. The number of hydrogen-bond donors (Lipinski definition) is 1. The summed E-state index contributed by atoms with van der Waals surface area (Å²) in [5.41, 5.74) is 2.10. The molecule has 1 aromatic carbocycles. The van der Waals surface area contributed by atoms with Gasteiger partial charge in [-0.1, -0.05) is 17.7 Å². The molecule has 0 saturated heterocycles. The van der Waals surface area contributed by atoms with E-state index >= 15 is 0 Å². The molecule has 19 heavy (non-hydrogen) atoms. The molecule has 0 aliphatic rings. The number of hydrogen-bond acceptors (Lipinski definition) is 2. The van der Waals surface area contributed by atoms with Crippen molar-refractivity contribution in [2.75, 3.05) is 0 Å². The van der Waals surface area contributed by atoms with Crippen molar-refractivity contribution in [2.45, 2.75) is 33.4 Å². The molecule has 2 rings (SSSR count). The molecule has 0 spiro atoms. The highest BCUT2D eigenvalue weighted by atomic mass is 35.5. The first-order chi connectivity index (χ1) is 8.97. The Morgan fingerprint density at radius 3 is 2.63 bits per heavy atom. The maximum atomic E-state index is 13.1. The van der Waals surface area contributed by atoms with Crippen LogP contribution in [0.5, 0.6) is 0 Å². The van der Waals surface area contributed by atoms with Crippen molar-refractivity contribution in [3.63, 3.8) is 0 Å². The summed E-state index contributed by atoms with van der Waals surface area (Å²) in [6.45, 7) is 6.59. The van der Waals surface area contributed by atoms with E-state index in [9.17, 15) is 4.39 Å². The van der Waals surface area contributed by atoms with Crippen molar-refractivity contribution in [3.05, 3.63) is 57.8 Å². The van der Waals surface area contributed by atoms with Crippen molar-refractivity contribution in [1.29, 1.82) is 0 Å². The van der Waals surface area contributed by atoms with Crippen LogP contribution in [0.2, 0.25) is 5.02 Å². The molecule has 1 aromatic heterocycles. The van der Waals surface area contributed by atoms with Gasteiger partial charge in [-0.05, 0) is 44.5 Å². The van der Waals surface area contributed by atoms with Crippen molar-refractivity contribution in [3.8, 4) is 0 Å². The Kier molecular flexibility index (Phi) is 4.27. The highest BCUT2D eigenvalue weighted by Gasteiger charge is 2.12. The first kappa shape index (κ1) is 14.1. The van der Waals surface area contributed by atoms with Gasteiger partial charge in [0.2, 0.25) is 0 Å². The van der Waals surface area contributed by atoms with Crippen LogP contribution in [0.4, 0.5) is 4.39 Å². The molecule has 1 heterocycles. The molecule has 2 nitrogen and oxygen atoms in total. The van der Waals surface area contributed by atoms with E-state index in [1.807, 2.05) is 19.9 Å². The summed E-state index contributed by atoms with van der Waals surface area (Å²) in [6.07, 6.45) is 0. The number of furan rings is 1. The predicted octanol–water partition coefficient (Wildman–Crippen LogP) is 4.54. The fourth-order valence-corrected chi connectivity index (χ4v) is 2.31. The molecule has 0 bridgehead atoms. The van der Waals surface area contributed by atoms with Crippen LogP contribution in [0.15, 0.2) is 28.7 Å². The van der Waals surface area contributed by atoms with Gasteiger partial charge in [-0.2, -0.15) is 0 Å². The van der Waals surface area contributed by atoms with E-state index in [2.05, 4.69) is 12.2 Å². The summed E-state index contributed by atoms with van der Waals surface area (Å²) >= 11 is 5.76. The van der Waals surface area contributed by atoms with Gasteiger partial charge < -0.3 is 9.73 Å². The number of halogens is 2. The molecule has 0 aliphatic carbocycles. The van der Waals surface area contributed by atoms with Crippen LogP contribution in [-0.4, -0.2) is 0 Å². The van der Waals surface area contributed by atoms with Gasteiger partial charge in [0, 0.05) is 18.2 Å². The second kappa shape index (κ2) is 5.76. The largest absolute Gasteiger partial charge is 0.466 e. The van der Waals surface area contributed by atoms with E-state index in [0.717, 1.165) is 22.6 Å². The first-order valence-corrected chi connectivity index (χ1v) is 6.59. The van der Waals surface area contributed by atoms with E-state index in [1.54, 1.807) is 12.1 Å². The van der Waals surface area contributed by atoms with Crippen molar-refractivity contribution < 1.29 is 8.81 Å². The molecule has 4 heteroatoms. The molecule has 1 atom stereocenters. The van der Waals surface area contributed by atoms with Crippen molar-refractivity contribution in [1.82, 2.24) is 5.32 Å². The average Bonchev–Trinajstić information content (AvgIpc) is 2.70. The molecular formula is C15H17ClFNO. The fraction of sp³-hybridized carbons (Fsp3) is 0.333. The zero-order chi connectivity index (χ0) is 14.0. The van der Waals surface area contributed by atoms with Crippen molar-refractivity contribution >= 4 is 11.6 Å². The topological polar surface area (TPSA) is 25.2 Å². The number of benzene rings is 1. The SMILES string of the molecule is Cc1cc(C(C)NCc2ccc(F)c(Cl)c2)c(C)o1. The van der Waals surface area contributed by atoms with Gasteiger partial charge in [0.15, 0.2) is 0 Å². The van der Waals surface area contributed by atoms with Gasteiger partial charge >= 0.3 is 0 Å². The average molecular weight is 282 g/mol. The Morgan fingerprint density at radius 2 is 2.05 bits per heavy atom. The zero-order valence-electron chi connectivity index (χ0n) is 11.3. The van der Waals surface area contributed by atoms with Gasteiger partial charge in [-0.25, -0.2) is 4.39 Å². The molecule has 0 radical (unpaired) electrons. The lowest BCUT2D eigenvalue weighted by Crippen LogP contribution is -2.18. The maximum Gasteiger partial charge on any atom is 0.141 e. The lowest BCUT2D eigenvalue weighted by Gasteiger charge is -2.13. The molecule has 0 saturated carbocycles. The van der Waals surface area contributed by atoms with E-state index in [0.29, 0.717) is 6.54 Å². The van der Waals surface area contributed by atoms with E-state index < -0.39 is 0 Å². The molecule has 0 aliphatic heterocycles. The lowest BCUT2D eigenvalue weighted by molar-refractivity contribution is 0.489. The number of aryl methyl sites for hydroxylation is 2. The second-order valence-electron chi connectivity index (χ2n) is 4.72. The van der Waals surface area contributed by atoms with Gasteiger partial charge in [-0.15, -0.1) is 0 Å². The highest BCUT2D eigenvalue weighted by Crippen LogP contribution is 2.22. The van der Waals surface area contributed by atoms with E-state index in [-0.39, 0.29) is 16.9 Å². The predicted molar refractivity (Wildman–Crippen MR) is 74.8 cm³/mol. The molecule has 0 amide bonds. The summed E-state index contributed by atoms with van der Waals surface area (Å²) in [7, 11) is 0.